The van der Waals surface area contributed by atoms with Crippen LogP contribution in [0.4, 0.5) is 0 Å². The van der Waals surface area contributed by atoms with Crippen LogP contribution in [0.5, 0.6) is 0 Å². The van der Waals surface area contributed by atoms with E-state index in [1.54, 1.807) is 42.7 Å². The quantitative estimate of drug-likeness (QED) is 0.918. The van der Waals surface area contributed by atoms with E-state index >= 15 is 0 Å². The second kappa shape index (κ2) is 4.83. The van der Waals surface area contributed by atoms with Crippen LogP contribution in [0, 0.1) is 5.92 Å². The van der Waals surface area contributed by atoms with E-state index in [-0.39, 0.29) is 5.43 Å². The molecule has 0 spiro atoms. The standard InChI is InChI=1S/C15H12O4S/c1-8(15(17)18)14-12-11(6-7-20-14)19-10-5-3-2-4-9(10)13(12)16/h2-8,14H,1H3,(H,17,18). The lowest BCUT2D eigenvalue weighted by molar-refractivity contribution is -0.141. The van der Waals surface area contributed by atoms with Crippen molar-refractivity contribution in [2.75, 3.05) is 0 Å². The number of rotatable bonds is 2. The van der Waals surface area contributed by atoms with E-state index in [0.717, 1.165) is 0 Å². The fourth-order valence-corrected chi connectivity index (χ4v) is 3.40. The number of benzene rings is 1. The second-order valence-electron chi connectivity index (χ2n) is 4.69. The van der Waals surface area contributed by atoms with Crippen LogP contribution in [0.2, 0.25) is 0 Å². The fraction of sp³-hybridized carbons (Fsp3) is 0.200. The number of hydrogen-bond donors (Lipinski definition) is 1. The zero-order valence-electron chi connectivity index (χ0n) is 10.7. The molecule has 0 amide bonds. The zero-order chi connectivity index (χ0) is 14.3. The third kappa shape index (κ3) is 1.94. The van der Waals surface area contributed by atoms with Crippen molar-refractivity contribution in [3.8, 4) is 0 Å². The van der Waals surface area contributed by atoms with Crippen LogP contribution in [0.1, 0.15) is 23.5 Å². The first-order valence-corrected chi connectivity index (χ1v) is 7.14. The third-order valence-electron chi connectivity index (χ3n) is 3.43. The van der Waals surface area contributed by atoms with Gasteiger partial charge in [0.05, 0.1) is 22.1 Å². The molecule has 1 aromatic heterocycles. The van der Waals surface area contributed by atoms with Gasteiger partial charge in [-0.15, -0.1) is 11.8 Å². The minimum Gasteiger partial charge on any atom is -0.481 e. The van der Waals surface area contributed by atoms with Gasteiger partial charge in [-0.25, -0.2) is 0 Å². The molecule has 0 bridgehead atoms. The number of fused-ring (bicyclic) bond motifs is 2. The van der Waals surface area contributed by atoms with E-state index in [4.69, 9.17) is 4.42 Å². The van der Waals surface area contributed by atoms with Crippen molar-refractivity contribution in [3.05, 3.63) is 51.2 Å². The second-order valence-corrected chi connectivity index (χ2v) is 5.74. The summed E-state index contributed by atoms with van der Waals surface area (Å²) in [4.78, 5) is 23.8. The first-order valence-electron chi connectivity index (χ1n) is 6.20. The van der Waals surface area contributed by atoms with Crippen LogP contribution >= 0.6 is 11.8 Å². The van der Waals surface area contributed by atoms with Crippen LogP contribution < -0.4 is 5.43 Å². The van der Waals surface area contributed by atoms with Crippen LogP contribution in [-0.2, 0) is 4.79 Å². The topological polar surface area (TPSA) is 67.5 Å². The summed E-state index contributed by atoms with van der Waals surface area (Å²) >= 11 is 1.34. The lowest BCUT2D eigenvalue weighted by Gasteiger charge is -2.23. The number of aliphatic carboxylic acids is 1. The molecule has 2 unspecified atom stereocenters. The van der Waals surface area contributed by atoms with Gasteiger partial charge in [0.25, 0.3) is 0 Å². The Hall–Kier alpha value is -2.01. The zero-order valence-corrected chi connectivity index (χ0v) is 11.5. The van der Waals surface area contributed by atoms with Gasteiger partial charge in [0.1, 0.15) is 11.3 Å². The van der Waals surface area contributed by atoms with Gasteiger partial charge in [0.2, 0.25) is 0 Å². The number of carboxylic acid groups (broad SMARTS) is 1. The highest BCUT2D eigenvalue weighted by Gasteiger charge is 2.32. The lowest BCUT2D eigenvalue weighted by atomic mass is 9.97. The van der Waals surface area contributed by atoms with Gasteiger partial charge in [-0.05, 0) is 23.6 Å². The molecule has 2 heterocycles. The third-order valence-corrected chi connectivity index (χ3v) is 4.66. The maximum atomic E-state index is 12.6. The predicted molar refractivity (Wildman–Crippen MR) is 78.6 cm³/mol. The van der Waals surface area contributed by atoms with E-state index in [1.807, 2.05) is 0 Å². The summed E-state index contributed by atoms with van der Waals surface area (Å²) in [6.07, 6.45) is 1.72. The van der Waals surface area contributed by atoms with Crippen molar-refractivity contribution in [1.82, 2.24) is 0 Å². The van der Waals surface area contributed by atoms with E-state index in [2.05, 4.69) is 0 Å². The largest absolute Gasteiger partial charge is 0.481 e. The number of para-hydroxylation sites is 1. The van der Waals surface area contributed by atoms with Gasteiger partial charge in [-0.3, -0.25) is 9.59 Å². The van der Waals surface area contributed by atoms with Gasteiger partial charge < -0.3 is 9.52 Å². The molecule has 0 fully saturated rings. The summed E-state index contributed by atoms with van der Waals surface area (Å²) in [5.41, 5.74) is 0.831. The van der Waals surface area contributed by atoms with Crippen LogP contribution in [-0.4, -0.2) is 11.1 Å². The molecule has 2 atom stereocenters. The van der Waals surface area contributed by atoms with Gasteiger partial charge in [0.15, 0.2) is 5.43 Å². The van der Waals surface area contributed by atoms with E-state index in [1.165, 1.54) is 11.8 Å². The molecule has 20 heavy (non-hydrogen) atoms. The molecule has 0 aliphatic carbocycles. The van der Waals surface area contributed by atoms with Crippen LogP contribution in [0.25, 0.3) is 17.0 Å². The highest BCUT2D eigenvalue weighted by Crippen LogP contribution is 2.41. The van der Waals surface area contributed by atoms with Crippen molar-refractivity contribution in [1.29, 1.82) is 0 Å². The minimum absolute atomic E-state index is 0.142. The SMILES string of the molecule is CC(C(=O)O)C1SC=Cc2oc3ccccc3c(=O)c21. The molecule has 0 radical (unpaired) electrons. The summed E-state index contributed by atoms with van der Waals surface area (Å²) in [5.74, 6) is -1.12. The van der Waals surface area contributed by atoms with Crippen LogP contribution in [0.3, 0.4) is 0 Å². The first-order chi connectivity index (χ1) is 9.59. The maximum Gasteiger partial charge on any atom is 0.307 e. The highest BCUT2D eigenvalue weighted by atomic mass is 32.2. The molecule has 2 aromatic rings. The van der Waals surface area contributed by atoms with Crippen molar-refractivity contribution >= 4 is 34.8 Å². The van der Waals surface area contributed by atoms with Gasteiger partial charge >= 0.3 is 5.97 Å². The molecular weight excluding hydrogens is 276 g/mol. The molecule has 3 rings (SSSR count). The summed E-state index contributed by atoms with van der Waals surface area (Å²) in [5, 5.41) is 11.0. The number of thioether (sulfide) groups is 1. The number of hydrogen-bond acceptors (Lipinski definition) is 4. The maximum absolute atomic E-state index is 12.6. The molecule has 0 saturated heterocycles. The number of carboxylic acids is 1. The predicted octanol–water partition coefficient (Wildman–Crippen LogP) is 3.27. The Morgan fingerprint density at radius 2 is 2.15 bits per heavy atom. The Kier molecular flexibility index (Phi) is 3.14. The molecule has 1 N–H and O–H groups in total. The minimum atomic E-state index is -0.920. The first kappa shape index (κ1) is 13.0. The average molecular weight is 288 g/mol. The Labute approximate surface area is 119 Å². The molecule has 4 nitrogen and oxygen atoms in total. The smallest absolute Gasteiger partial charge is 0.307 e. The van der Waals surface area contributed by atoms with Gasteiger partial charge in [-0.1, -0.05) is 19.1 Å². The Balaban J connectivity index is 2.28. The summed E-state index contributed by atoms with van der Waals surface area (Å²) in [6.45, 7) is 1.61. The molecule has 1 aliphatic heterocycles. The van der Waals surface area contributed by atoms with Gasteiger partial charge in [0, 0.05) is 0 Å². The van der Waals surface area contributed by atoms with Crippen molar-refractivity contribution in [2.45, 2.75) is 12.2 Å². The Morgan fingerprint density at radius 1 is 1.40 bits per heavy atom. The van der Waals surface area contributed by atoms with E-state index < -0.39 is 17.1 Å². The Bertz CT molecular complexity index is 775. The molecular formula is C15H12O4S. The normalized spacial score (nSPS) is 18.8. The number of carbonyl (C=O) groups is 1. The van der Waals surface area contributed by atoms with Crippen molar-refractivity contribution in [2.24, 2.45) is 5.92 Å². The molecule has 0 saturated carbocycles. The molecule has 5 heteroatoms. The molecule has 1 aromatic carbocycles. The van der Waals surface area contributed by atoms with Gasteiger partial charge in [-0.2, -0.15) is 0 Å². The highest BCUT2D eigenvalue weighted by molar-refractivity contribution is 8.02. The van der Waals surface area contributed by atoms with Crippen molar-refractivity contribution in [3.63, 3.8) is 0 Å². The summed E-state index contributed by atoms with van der Waals surface area (Å²) < 4.78 is 5.73. The van der Waals surface area contributed by atoms with E-state index in [0.29, 0.717) is 22.3 Å². The molecule has 1 aliphatic rings. The fourth-order valence-electron chi connectivity index (χ4n) is 2.32. The van der Waals surface area contributed by atoms with E-state index in [9.17, 15) is 14.7 Å². The lowest BCUT2D eigenvalue weighted by Crippen LogP contribution is -2.24. The summed E-state index contributed by atoms with van der Waals surface area (Å²) in [6, 6.07) is 7.01. The monoisotopic (exact) mass is 288 g/mol. The Morgan fingerprint density at radius 3 is 2.90 bits per heavy atom. The average Bonchev–Trinajstić information content (AvgIpc) is 2.46. The summed E-state index contributed by atoms with van der Waals surface area (Å²) in [7, 11) is 0. The van der Waals surface area contributed by atoms with Crippen molar-refractivity contribution < 1.29 is 14.3 Å². The van der Waals surface area contributed by atoms with Crippen LogP contribution in [0.15, 0.2) is 38.9 Å². The molecule has 102 valence electrons.